The van der Waals surface area contributed by atoms with Crippen LogP contribution in [0.1, 0.15) is 42.4 Å². The van der Waals surface area contributed by atoms with E-state index in [0.29, 0.717) is 18.0 Å². The Balaban J connectivity index is 1.88. The van der Waals surface area contributed by atoms with Crippen LogP contribution in [0.15, 0.2) is 65.5 Å². The van der Waals surface area contributed by atoms with E-state index >= 15 is 0 Å². The molecule has 0 unspecified atom stereocenters. The number of anilines is 1. The number of hydrogen-bond donors (Lipinski definition) is 1. The van der Waals surface area contributed by atoms with Gasteiger partial charge in [0.2, 0.25) is 0 Å². The van der Waals surface area contributed by atoms with Crippen molar-refractivity contribution in [1.82, 2.24) is 9.78 Å². The van der Waals surface area contributed by atoms with Crippen molar-refractivity contribution in [3.05, 3.63) is 87.8 Å². The van der Waals surface area contributed by atoms with E-state index < -0.39 is 5.91 Å². The largest absolute Gasteiger partial charge is 0.495 e. The maximum Gasteiger partial charge on any atom is 0.276 e. The lowest BCUT2D eigenvalue weighted by molar-refractivity contribution is 0.101. The molecule has 0 radical (unpaired) electrons. The normalized spacial score (nSPS) is 11.2. The summed E-state index contributed by atoms with van der Waals surface area (Å²) < 4.78 is 6.67. The van der Waals surface area contributed by atoms with E-state index in [0.717, 1.165) is 11.1 Å². The molecule has 2 aromatic carbocycles. The molecule has 0 aliphatic rings. The Hall–Kier alpha value is -3.41. The molecule has 3 aromatic rings. The molecule has 1 amide bonds. The molecule has 0 saturated heterocycles. The highest BCUT2D eigenvalue weighted by atomic mass is 16.5. The average molecular weight is 391 g/mol. The molecular formula is C23H25N3O3. The number of carbonyl (C=O) groups is 1. The Morgan fingerprint density at radius 3 is 2.45 bits per heavy atom. The molecule has 3 rings (SSSR count). The minimum absolute atomic E-state index is 0.0765. The number of methoxy groups -OCH3 is 1. The van der Waals surface area contributed by atoms with Gasteiger partial charge in [0.25, 0.3) is 11.5 Å². The molecule has 150 valence electrons. The lowest BCUT2D eigenvalue weighted by atomic mass is 9.87. The van der Waals surface area contributed by atoms with Crippen molar-refractivity contribution < 1.29 is 9.53 Å². The standard InChI is InChI=1S/C23H25N3O3/c1-23(2,3)17-10-12-20(29-4)19(14-17)24-22(28)18-11-13-21(27)26(25-18)15-16-8-6-5-7-9-16/h5-14H,15H2,1-4H3,(H,24,28). The van der Waals surface area contributed by atoms with E-state index in [4.69, 9.17) is 4.74 Å². The third-order valence-electron chi connectivity index (χ3n) is 4.59. The van der Waals surface area contributed by atoms with Crippen molar-refractivity contribution in [3.8, 4) is 5.75 Å². The van der Waals surface area contributed by atoms with E-state index in [-0.39, 0.29) is 16.7 Å². The zero-order valence-corrected chi connectivity index (χ0v) is 17.1. The summed E-state index contributed by atoms with van der Waals surface area (Å²) in [6.45, 7) is 6.59. The molecule has 0 saturated carbocycles. The maximum atomic E-state index is 12.8. The van der Waals surface area contributed by atoms with Crippen molar-refractivity contribution in [3.63, 3.8) is 0 Å². The van der Waals surface area contributed by atoms with Gasteiger partial charge in [-0.15, -0.1) is 0 Å². The Kier molecular flexibility index (Phi) is 5.82. The number of aromatic nitrogens is 2. The van der Waals surface area contributed by atoms with Gasteiger partial charge in [0.15, 0.2) is 0 Å². The minimum Gasteiger partial charge on any atom is -0.495 e. The van der Waals surface area contributed by atoms with Crippen LogP contribution < -0.4 is 15.6 Å². The molecule has 0 bridgehead atoms. The lowest BCUT2D eigenvalue weighted by Crippen LogP contribution is -2.26. The fourth-order valence-corrected chi connectivity index (χ4v) is 2.90. The summed E-state index contributed by atoms with van der Waals surface area (Å²) in [5.74, 6) is 0.153. The summed E-state index contributed by atoms with van der Waals surface area (Å²) in [6, 6.07) is 18.0. The van der Waals surface area contributed by atoms with Crippen molar-refractivity contribution in [1.29, 1.82) is 0 Å². The highest BCUT2D eigenvalue weighted by Gasteiger charge is 2.18. The van der Waals surface area contributed by atoms with E-state index in [1.807, 2.05) is 48.5 Å². The molecule has 0 atom stereocenters. The second kappa shape index (κ2) is 8.31. The van der Waals surface area contributed by atoms with E-state index in [9.17, 15) is 9.59 Å². The third-order valence-corrected chi connectivity index (χ3v) is 4.59. The molecule has 0 spiro atoms. The first kappa shape index (κ1) is 20.3. The monoisotopic (exact) mass is 391 g/mol. The molecule has 0 aliphatic carbocycles. The van der Waals surface area contributed by atoms with Gasteiger partial charge in [-0.25, -0.2) is 4.68 Å². The summed E-state index contributed by atoms with van der Waals surface area (Å²) in [6.07, 6.45) is 0. The van der Waals surface area contributed by atoms with Crippen LogP contribution in [0.3, 0.4) is 0 Å². The van der Waals surface area contributed by atoms with Crippen molar-refractivity contribution >= 4 is 11.6 Å². The summed E-state index contributed by atoms with van der Waals surface area (Å²) in [5, 5.41) is 7.10. The summed E-state index contributed by atoms with van der Waals surface area (Å²) in [7, 11) is 1.56. The van der Waals surface area contributed by atoms with Gasteiger partial charge in [0.05, 0.1) is 19.3 Å². The van der Waals surface area contributed by atoms with Crippen LogP contribution in [0, 0.1) is 0 Å². The number of rotatable bonds is 5. The Morgan fingerprint density at radius 2 is 1.79 bits per heavy atom. The molecular weight excluding hydrogens is 366 g/mol. The van der Waals surface area contributed by atoms with E-state index in [1.165, 1.54) is 16.8 Å². The smallest absolute Gasteiger partial charge is 0.276 e. The van der Waals surface area contributed by atoms with Crippen LogP contribution in [-0.2, 0) is 12.0 Å². The highest BCUT2D eigenvalue weighted by molar-refractivity contribution is 6.03. The van der Waals surface area contributed by atoms with E-state index in [1.54, 1.807) is 7.11 Å². The number of carbonyl (C=O) groups excluding carboxylic acids is 1. The first-order valence-corrected chi connectivity index (χ1v) is 9.40. The fraction of sp³-hybridized carbons (Fsp3) is 0.261. The molecule has 6 nitrogen and oxygen atoms in total. The molecule has 1 heterocycles. The molecule has 6 heteroatoms. The third kappa shape index (κ3) is 4.90. The predicted molar refractivity (Wildman–Crippen MR) is 114 cm³/mol. The van der Waals surface area contributed by atoms with Gasteiger partial charge < -0.3 is 10.1 Å². The number of nitrogens with one attached hydrogen (secondary N) is 1. The lowest BCUT2D eigenvalue weighted by Gasteiger charge is -2.21. The molecule has 1 N–H and O–H groups in total. The highest BCUT2D eigenvalue weighted by Crippen LogP contribution is 2.31. The van der Waals surface area contributed by atoms with Gasteiger partial charge in [-0.05, 0) is 34.7 Å². The fourth-order valence-electron chi connectivity index (χ4n) is 2.90. The van der Waals surface area contributed by atoms with Gasteiger partial charge in [-0.3, -0.25) is 9.59 Å². The van der Waals surface area contributed by atoms with Gasteiger partial charge in [0.1, 0.15) is 11.4 Å². The Bertz CT molecular complexity index is 1070. The zero-order valence-electron chi connectivity index (χ0n) is 17.1. The van der Waals surface area contributed by atoms with Crippen molar-refractivity contribution in [2.45, 2.75) is 32.7 Å². The van der Waals surface area contributed by atoms with Gasteiger partial charge in [-0.2, -0.15) is 5.10 Å². The Morgan fingerprint density at radius 1 is 1.07 bits per heavy atom. The number of ether oxygens (including phenoxy) is 1. The second-order valence-corrected chi connectivity index (χ2v) is 7.82. The van der Waals surface area contributed by atoms with Gasteiger partial charge >= 0.3 is 0 Å². The van der Waals surface area contributed by atoms with Crippen LogP contribution in [0.5, 0.6) is 5.75 Å². The number of nitrogens with zero attached hydrogens (tertiary/aromatic N) is 2. The molecule has 0 aliphatic heterocycles. The average Bonchev–Trinajstić information content (AvgIpc) is 2.69. The van der Waals surface area contributed by atoms with E-state index in [2.05, 4.69) is 31.2 Å². The number of benzene rings is 2. The van der Waals surface area contributed by atoms with Crippen molar-refractivity contribution in [2.24, 2.45) is 0 Å². The van der Waals surface area contributed by atoms with Crippen molar-refractivity contribution in [2.75, 3.05) is 12.4 Å². The van der Waals surface area contributed by atoms with Crippen LogP contribution in [0.2, 0.25) is 0 Å². The molecule has 1 aromatic heterocycles. The summed E-state index contributed by atoms with van der Waals surface area (Å²) in [5.41, 5.74) is 2.37. The zero-order chi connectivity index (χ0) is 21.0. The van der Waals surface area contributed by atoms with Crippen LogP contribution in [0.25, 0.3) is 0 Å². The topological polar surface area (TPSA) is 73.2 Å². The summed E-state index contributed by atoms with van der Waals surface area (Å²) in [4.78, 5) is 25.0. The summed E-state index contributed by atoms with van der Waals surface area (Å²) >= 11 is 0. The van der Waals surface area contributed by atoms with Gasteiger partial charge in [-0.1, -0.05) is 57.2 Å². The van der Waals surface area contributed by atoms with Crippen LogP contribution in [0.4, 0.5) is 5.69 Å². The minimum atomic E-state index is -0.406. The predicted octanol–water partition coefficient (Wildman–Crippen LogP) is 3.85. The van der Waals surface area contributed by atoms with Crippen LogP contribution in [-0.4, -0.2) is 22.8 Å². The number of hydrogen-bond acceptors (Lipinski definition) is 4. The SMILES string of the molecule is COc1ccc(C(C)(C)C)cc1NC(=O)c1ccc(=O)n(Cc2ccccc2)n1. The van der Waals surface area contributed by atoms with Gasteiger partial charge in [0, 0.05) is 6.07 Å². The number of amides is 1. The molecule has 0 fully saturated rings. The maximum absolute atomic E-state index is 12.8. The second-order valence-electron chi connectivity index (χ2n) is 7.82. The molecule has 29 heavy (non-hydrogen) atoms. The Labute approximate surface area is 170 Å². The quantitative estimate of drug-likeness (QED) is 0.717. The van der Waals surface area contributed by atoms with Crippen LogP contribution >= 0.6 is 0 Å². The first-order valence-electron chi connectivity index (χ1n) is 9.40. The first-order chi connectivity index (χ1) is 13.8.